The molecule has 3 aromatic rings. The molecule has 0 bridgehead atoms. The van der Waals surface area contributed by atoms with Crippen LogP contribution in [0.2, 0.25) is 0 Å². The molecule has 230 valence electrons. The molecule has 0 radical (unpaired) electrons. The lowest BCUT2D eigenvalue weighted by Gasteiger charge is -2.40. The molecule has 5 rings (SSSR count). The minimum Gasteiger partial charge on any atom is -0.443 e. The molecular formula is C28H28F4N4O6S. The Labute approximate surface area is 244 Å². The zero-order valence-corrected chi connectivity index (χ0v) is 23.9. The number of furan rings is 1. The Bertz CT molecular complexity index is 1670. The number of imide groups is 1. The standard InChI is InChI=1S/C28H28F4N4O6S/c1-16(2)36-26(38)18(15-34(27(36)39)21-8-5-19(6-9-21)28(30,31)32)14-33-25(37)22-4-3-11-35(22)43(40,41)24-13-17-12-20(29)7-10-23(17)42-24/h5-10,12-13,16,18,22H,3-4,11,14-15H2,1-2H3,(H,33,37)/t18?,22-/m0/s1. The first-order chi connectivity index (χ1) is 20.2. The van der Waals surface area contributed by atoms with E-state index in [1.54, 1.807) is 13.8 Å². The van der Waals surface area contributed by atoms with Crippen LogP contribution < -0.4 is 10.2 Å². The summed E-state index contributed by atoms with van der Waals surface area (Å²) in [5, 5.41) is 2.44. The molecule has 1 aromatic heterocycles. The van der Waals surface area contributed by atoms with Gasteiger partial charge in [0.2, 0.25) is 16.9 Å². The number of hydrogen-bond donors (Lipinski definition) is 1. The normalized spacial score (nSPS) is 20.4. The van der Waals surface area contributed by atoms with Crippen LogP contribution in [0.5, 0.6) is 0 Å². The molecule has 1 unspecified atom stereocenters. The first-order valence-corrected chi connectivity index (χ1v) is 14.9. The molecule has 2 aliphatic rings. The van der Waals surface area contributed by atoms with Crippen LogP contribution in [0.15, 0.2) is 58.0 Å². The SMILES string of the molecule is CC(C)N1C(=O)C(CNC(=O)[C@@H]2CCCN2S(=O)(=O)c2cc3cc(F)ccc3o2)CN(c2ccc(C(F)(F)F)cc2)C1=O. The second-order valence-electron chi connectivity index (χ2n) is 10.7. The van der Waals surface area contributed by atoms with E-state index in [9.17, 15) is 40.4 Å². The van der Waals surface area contributed by atoms with Gasteiger partial charge in [-0.2, -0.15) is 17.5 Å². The van der Waals surface area contributed by atoms with Crippen molar-refractivity contribution in [1.82, 2.24) is 14.5 Å². The van der Waals surface area contributed by atoms with Gasteiger partial charge in [-0.1, -0.05) is 0 Å². The molecule has 10 nitrogen and oxygen atoms in total. The number of hydrogen-bond acceptors (Lipinski definition) is 6. The van der Waals surface area contributed by atoms with Crippen molar-refractivity contribution in [2.24, 2.45) is 5.92 Å². The number of nitrogens with zero attached hydrogens (tertiary/aromatic N) is 3. The van der Waals surface area contributed by atoms with Gasteiger partial charge in [0, 0.05) is 42.8 Å². The van der Waals surface area contributed by atoms with E-state index in [0.29, 0.717) is 6.42 Å². The minimum atomic E-state index is -4.57. The Morgan fingerprint density at radius 3 is 2.44 bits per heavy atom. The van der Waals surface area contributed by atoms with Gasteiger partial charge in [-0.3, -0.25) is 19.4 Å². The van der Waals surface area contributed by atoms with Crippen molar-refractivity contribution in [3.8, 4) is 0 Å². The van der Waals surface area contributed by atoms with Gasteiger partial charge in [-0.25, -0.2) is 17.6 Å². The van der Waals surface area contributed by atoms with Crippen LogP contribution in [0.25, 0.3) is 11.0 Å². The van der Waals surface area contributed by atoms with Gasteiger partial charge >= 0.3 is 12.2 Å². The Morgan fingerprint density at radius 2 is 1.79 bits per heavy atom. The summed E-state index contributed by atoms with van der Waals surface area (Å²) in [5.41, 5.74) is -0.587. The molecule has 0 saturated carbocycles. The Balaban J connectivity index is 1.32. The van der Waals surface area contributed by atoms with E-state index >= 15 is 0 Å². The summed E-state index contributed by atoms with van der Waals surface area (Å²) in [5.74, 6) is -2.76. The van der Waals surface area contributed by atoms with Gasteiger partial charge in [0.15, 0.2) is 0 Å². The van der Waals surface area contributed by atoms with Crippen molar-refractivity contribution in [2.45, 2.75) is 50.0 Å². The van der Waals surface area contributed by atoms with E-state index in [1.165, 1.54) is 17.0 Å². The topological polar surface area (TPSA) is 120 Å². The lowest BCUT2D eigenvalue weighted by Crippen LogP contribution is -2.61. The fourth-order valence-electron chi connectivity index (χ4n) is 5.34. The monoisotopic (exact) mass is 624 g/mol. The van der Waals surface area contributed by atoms with Crippen molar-refractivity contribution in [2.75, 3.05) is 24.5 Å². The number of carbonyl (C=O) groups excluding carboxylic acids is 3. The van der Waals surface area contributed by atoms with E-state index in [-0.39, 0.29) is 42.7 Å². The molecule has 2 aliphatic heterocycles. The van der Waals surface area contributed by atoms with Crippen molar-refractivity contribution in [1.29, 1.82) is 0 Å². The second kappa shape index (κ2) is 11.3. The Hall–Kier alpha value is -3.98. The van der Waals surface area contributed by atoms with Crippen LogP contribution in [0, 0.1) is 11.7 Å². The Morgan fingerprint density at radius 1 is 1.09 bits per heavy atom. The molecule has 15 heteroatoms. The van der Waals surface area contributed by atoms with Gasteiger partial charge in [-0.05, 0) is 69.2 Å². The molecule has 2 aromatic carbocycles. The maximum absolute atomic E-state index is 13.6. The average Bonchev–Trinajstić information content (AvgIpc) is 3.60. The number of sulfonamides is 1. The summed E-state index contributed by atoms with van der Waals surface area (Å²) in [7, 11) is -4.27. The molecular weight excluding hydrogens is 596 g/mol. The number of carbonyl (C=O) groups is 3. The summed E-state index contributed by atoms with van der Waals surface area (Å²) < 4.78 is 86.0. The third-order valence-electron chi connectivity index (χ3n) is 7.50. The van der Waals surface area contributed by atoms with E-state index < -0.39 is 68.5 Å². The second-order valence-corrected chi connectivity index (χ2v) is 12.5. The number of alkyl halides is 3. The highest BCUT2D eigenvalue weighted by Gasteiger charge is 2.44. The van der Waals surface area contributed by atoms with Crippen LogP contribution in [-0.2, 0) is 25.8 Å². The predicted molar refractivity (Wildman–Crippen MR) is 146 cm³/mol. The van der Waals surface area contributed by atoms with Crippen molar-refractivity contribution in [3.63, 3.8) is 0 Å². The van der Waals surface area contributed by atoms with Crippen LogP contribution in [0.1, 0.15) is 32.3 Å². The zero-order valence-electron chi connectivity index (χ0n) is 23.1. The Kier molecular flexibility index (Phi) is 7.98. The van der Waals surface area contributed by atoms with Crippen molar-refractivity contribution >= 4 is 44.5 Å². The van der Waals surface area contributed by atoms with Crippen LogP contribution in [0.4, 0.5) is 28.0 Å². The number of rotatable bonds is 7. The summed E-state index contributed by atoms with van der Waals surface area (Å²) in [6.45, 7) is 2.78. The number of halogens is 4. The van der Waals surface area contributed by atoms with Gasteiger partial charge in [-0.15, -0.1) is 0 Å². The van der Waals surface area contributed by atoms with Gasteiger partial charge in [0.05, 0.1) is 11.5 Å². The smallest absolute Gasteiger partial charge is 0.416 e. The largest absolute Gasteiger partial charge is 0.443 e. The van der Waals surface area contributed by atoms with Crippen molar-refractivity contribution in [3.05, 3.63) is 59.9 Å². The number of urea groups is 1. The van der Waals surface area contributed by atoms with E-state index in [4.69, 9.17) is 4.42 Å². The molecule has 2 saturated heterocycles. The van der Waals surface area contributed by atoms with E-state index in [1.807, 2.05) is 0 Å². The van der Waals surface area contributed by atoms with E-state index in [2.05, 4.69) is 5.32 Å². The van der Waals surface area contributed by atoms with Gasteiger partial charge in [0.1, 0.15) is 17.4 Å². The summed E-state index contributed by atoms with van der Waals surface area (Å²) in [6, 6.07) is 6.31. The summed E-state index contributed by atoms with van der Waals surface area (Å²) in [4.78, 5) is 41.8. The highest BCUT2D eigenvalue weighted by Crippen LogP contribution is 2.33. The number of amides is 4. The van der Waals surface area contributed by atoms with Crippen molar-refractivity contribution < 1.29 is 44.8 Å². The molecule has 0 spiro atoms. The average molecular weight is 625 g/mol. The third-order valence-corrected chi connectivity index (χ3v) is 9.26. The predicted octanol–water partition coefficient (Wildman–Crippen LogP) is 4.35. The summed E-state index contributed by atoms with van der Waals surface area (Å²) in [6.07, 6.45) is -3.99. The van der Waals surface area contributed by atoms with Crippen LogP contribution in [-0.4, -0.2) is 67.2 Å². The maximum Gasteiger partial charge on any atom is 0.416 e. The first-order valence-electron chi connectivity index (χ1n) is 13.5. The number of anilines is 1. The van der Waals surface area contributed by atoms with Crippen LogP contribution >= 0.6 is 0 Å². The van der Waals surface area contributed by atoms with Gasteiger partial charge in [0.25, 0.3) is 10.0 Å². The molecule has 0 aliphatic carbocycles. The van der Waals surface area contributed by atoms with Gasteiger partial charge < -0.3 is 9.73 Å². The fourth-order valence-corrected chi connectivity index (χ4v) is 6.94. The number of benzene rings is 2. The molecule has 2 fully saturated rings. The van der Waals surface area contributed by atoms with Crippen LogP contribution in [0.3, 0.4) is 0 Å². The molecule has 3 heterocycles. The first kappa shape index (κ1) is 30.5. The highest BCUT2D eigenvalue weighted by atomic mass is 32.2. The molecule has 2 atom stereocenters. The highest BCUT2D eigenvalue weighted by molar-refractivity contribution is 7.89. The lowest BCUT2D eigenvalue weighted by molar-refractivity contribution is -0.137. The fraction of sp³-hybridized carbons (Fsp3) is 0.393. The summed E-state index contributed by atoms with van der Waals surface area (Å²) >= 11 is 0. The molecule has 1 N–H and O–H groups in total. The molecule has 4 amide bonds. The maximum atomic E-state index is 13.6. The quantitative estimate of drug-likeness (QED) is 0.391. The number of nitrogens with one attached hydrogen (secondary N) is 1. The minimum absolute atomic E-state index is 0.0332. The third kappa shape index (κ3) is 5.83. The zero-order chi connectivity index (χ0) is 31.3. The number of fused-ring (bicyclic) bond motifs is 1. The van der Waals surface area contributed by atoms with E-state index in [0.717, 1.165) is 45.6 Å². The molecule has 43 heavy (non-hydrogen) atoms. The lowest BCUT2D eigenvalue weighted by atomic mass is 10.0.